The molecule has 1 fully saturated rings. The largest absolute Gasteiger partial charge is 0.493 e. The van der Waals surface area contributed by atoms with Gasteiger partial charge in [0.2, 0.25) is 5.95 Å². The van der Waals surface area contributed by atoms with E-state index in [4.69, 9.17) is 19.4 Å². The molecule has 0 spiro atoms. The molecule has 1 aromatic carbocycles. The van der Waals surface area contributed by atoms with Gasteiger partial charge in [-0.25, -0.2) is 4.98 Å². The van der Waals surface area contributed by atoms with Crippen molar-refractivity contribution >= 4 is 47.1 Å². The maximum Gasteiger partial charge on any atom is 0.228 e. The van der Waals surface area contributed by atoms with Crippen LogP contribution in [-0.2, 0) is 0 Å². The molecular formula is C17H21BN6O2S. The van der Waals surface area contributed by atoms with Gasteiger partial charge >= 0.3 is 0 Å². The van der Waals surface area contributed by atoms with Gasteiger partial charge in [-0.2, -0.15) is 9.97 Å². The molecule has 1 saturated heterocycles. The van der Waals surface area contributed by atoms with E-state index < -0.39 is 0 Å². The van der Waals surface area contributed by atoms with Crippen LogP contribution >= 0.6 is 11.3 Å². The smallest absolute Gasteiger partial charge is 0.228 e. The van der Waals surface area contributed by atoms with Crippen molar-refractivity contribution in [2.75, 3.05) is 37.5 Å². The summed E-state index contributed by atoms with van der Waals surface area (Å²) >= 11 is 1.52. The molecule has 1 aliphatic heterocycles. The van der Waals surface area contributed by atoms with E-state index in [1.165, 1.54) is 11.3 Å². The third-order valence-electron chi connectivity index (χ3n) is 4.71. The summed E-state index contributed by atoms with van der Waals surface area (Å²) in [5.41, 5.74) is 3.41. The molecule has 0 saturated carbocycles. The lowest BCUT2D eigenvalue weighted by Crippen LogP contribution is -2.31. The topological polar surface area (TPSA) is 84.4 Å². The van der Waals surface area contributed by atoms with Crippen molar-refractivity contribution < 1.29 is 9.47 Å². The summed E-state index contributed by atoms with van der Waals surface area (Å²) < 4.78 is 10.7. The Bertz CT molecular complexity index is 952. The first kappa shape index (κ1) is 17.8. The van der Waals surface area contributed by atoms with Gasteiger partial charge in [0.25, 0.3) is 0 Å². The molecule has 140 valence electrons. The average molecular weight is 384 g/mol. The second-order valence-corrected chi connectivity index (χ2v) is 7.13. The molecule has 8 nitrogen and oxygen atoms in total. The molecule has 1 aliphatic rings. The van der Waals surface area contributed by atoms with Crippen LogP contribution in [0.1, 0.15) is 6.42 Å². The van der Waals surface area contributed by atoms with E-state index in [1.54, 1.807) is 19.7 Å². The second-order valence-electron chi connectivity index (χ2n) is 6.29. The lowest BCUT2D eigenvalue weighted by atomic mass is 10.2. The fraction of sp³-hybridized carbons (Fsp3) is 0.353. The highest BCUT2D eigenvalue weighted by Gasteiger charge is 2.24. The zero-order chi connectivity index (χ0) is 18.8. The van der Waals surface area contributed by atoms with Gasteiger partial charge in [0.15, 0.2) is 30.1 Å². The maximum absolute atomic E-state index is 5.39. The zero-order valence-corrected chi connectivity index (χ0v) is 16.3. The van der Waals surface area contributed by atoms with Crippen LogP contribution in [0.5, 0.6) is 11.5 Å². The van der Waals surface area contributed by atoms with Crippen LogP contribution in [0.25, 0.3) is 10.3 Å². The minimum absolute atomic E-state index is 0.466. The molecule has 4 rings (SSSR count). The molecule has 2 aromatic heterocycles. The Kier molecular flexibility index (Phi) is 5.00. The number of nitrogens with one attached hydrogen (secondary N) is 2. The molecule has 10 heteroatoms. The van der Waals surface area contributed by atoms with E-state index in [0.29, 0.717) is 23.4 Å². The SMILES string of the molecule is BNC1CCN(c2nc(Nc3ccc(OC)c(OC)c3)c3ncsc3n2)C1. The highest BCUT2D eigenvalue weighted by atomic mass is 32.1. The molecular weight excluding hydrogens is 363 g/mol. The Morgan fingerprint density at radius 1 is 1.22 bits per heavy atom. The quantitative estimate of drug-likeness (QED) is 0.620. The first-order valence-corrected chi connectivity index (χ1v) is 9.62. The number of ether oxygens (including phenoxy) is 2. The lowest BCUT2D eigenvalue weighted by Gasteiger charge is -2.18. The van der Waals surface area contributed by atoms with E-state index in [-0.39, 0.29) is 0 Å². The van der Waals surface area contributed by atoms with Gasteiger partial charge in [0, 0.05) is 30.9 Å². The van der Waals surface area contributed by atoms with Crippen molar-refractivity contribution in [2.24, 2.45) is 0 Å². The van der Waals surface area contributed by atoms with Gasteiger partial charge in [-0.15, -0.1) is 11.3 Å². The van der Waals surface area contributed by atoms with Crippen molar-refractivity contribution in [3.8, 4) is 11.5 Å². The third kappa shape index (κ3) is 3.50. The van der Waals surface area contributed by atoms with E-state index in [1.807, 2.05) is 26.2 Å². The Hall–Kier alpha value is -2.59. The summed E-state index contributed by atoms with van der Waals surface area (Å²) in [6, 6.07) is 6.13. The second kappa shape index (κ2) is 7.57. The van der Waals surface area contributed by atoms with E-state index in [2.05, 4.69) is 20.4 Å². The van der Waals surface area contributed by atoms with Crippen molar-refractivity contribution in [1.29, 1.82) is 0 Å². The van der Waals surface area contributed by atoms with Crippen molar-refractivity contribution in [2.45, 2.75) is 12.5 Å². The number of thiazole rings is 1. The van der Waals surface area contributed by atoms with Gasteiger partial charge in [0.1, 0.15) is 5.52 Å². The van der Waals surface area contributed by atoms with Crippen molar-refractivity contribution in [3.63, 3.8) is 0 Å². The number of aromatic nitrogens is 3. The zero-order valence-electron chi connectivity index (χ0n) is 15.5. The predicted octanol–water partition coefficient (Wildman–Crippen LogP) is 1.56. The van der Waals surface area contributed by atoms with Crippen LogP contribution in [0.15, 0.2) is 23.7 Å². The number of methoxy groups -OCH3 is 2. The van der Waals surface area contributed by atoms with E-state index in [9.17, 15) is 0 Å². The highest BCUT2D eigenvalue weighted by Crippen LogP contribution is 2.33. The monoisotopic (exact) mass is 384 g/mol. The van der Waals surface area contributed by atoms with E-state index >= 15 is 0 Å². The average Bonchev–Trinajstić information content (AvgIpc) is 3.37. The molecule has 0 aliphatic carbocycles. The standard InChI is InChI=1S/C17H21BN6O2S/c1-25-12-4-3-10(7-13(12)26-2)20-15-14-16(27-9-19-14)22-17(21-15)24-6-5-11(8-24)23-18/h3-4,7,9,11,23H,5-6,8,18H2,1-2H3,(H,20,21,22). The number of anilines is 3. The first-order chi connectivity index (χ1) is 13.2. The van der Waals surface area contributed by atoms with Crippen LogP contribution in [0.4, 0.5) is 17.5 Å². The lowest BCUT2D eigenvalue weighted by molar-refractivity contribution is 0.355. The third-order valence-corrected chi connectivity index (χ3v) is 5.43. The number of hydrogen-bond acceptors (Lipinski definition) is 9. The predicted molar refractivity (Wildman–Crippen MR) is 110 cm³/mol. The number of nitrogens with zero attached hydrogens (tertiary/aromatic N) is 4. The Morgan fingerprint density at radius 2 is 2.07 bits per heavy atom. The van der Waals surface area contributed by atoms with Gasteiger partial charge < -0.3 is 24.9 Å². The Balaban J connectivity index is 1.68. The van der Waals surface area contributed by atoms with Crippen LogP contribution in [0.3, 0.4) is 0 Å². The number of fused-ring (bicyclic) bond motifs is 1. The molecule has 1 unspecified atom stereocenters. The van der Waals surface area contributed by atoms with Gasteiger partial charge in [0.05, 0.1) is 19.7 Å². The van der Waals surface area contributed by atoms with Crippen molar-refractivity contribution in [1.82, 2.24) is 20.2 Å². The van der Waals surface area contributed by atoms with Crippen LogP contribution in [-0.4, -0.2) is 56.3 Å². The Labute approximate surface area is 162 Å². The first-order valence-electron chi connectivity index (χ1n) is 8.74. The number of benzene rings is 1. The van der Waals surface area contributed by atoms with Gasteiger partial charge in [-0.3, -0.25) is 0 Å². The molecule has 27 heavy (non-hydrogen) atoms. The van der Waals surface area contributed by atoms with Gasteiger partial charge in [-0.05, 0) is 18.6 Å². The summed E-state index contributed by atoms with van der Waals surface area (Å²) in [5, 5.41) is 6.69. The number of hydrogen-bond donors (Lipinski definition) is 2. The van der Waals surface area contributed by atoms with Crippen LogP contribution in [0, 0.1) is 0 Å². The Morgan fingerprint density at radius 3 is 2.81 bits per heavy atom. The molecule has 1 atom stereocenters. The molecule has 0 amide bonds. The molecule has 0 bridgehead atoms. The normalized spacial score (nSPS) is 16.7. The molecule has 0 radical (unpaired) electrons. The summed E-state index contributed by atoms with van der Waals surface area (Å²) in [6.07, 6.45) is 1.08. The number of rotatable bonds is 6. The summed E-state index contributed by atoms with van der Waals surface area (Å²) in [5.74, 6) is 2.76. The van der Waals surface area contributed by atoms with Crippen molar-refractivity contribution in [3.05, 3.63) is 23.7 Å². The summed E-state index contributed by atoms with van der Waals surface area (Å²) in [6.45, 7) is 1.84. The summed E-state index contributed by atoms with van der Waals surface area (Å²) in [7, 11) is 5.23. The van der Waals surface area contributed by atoms with E-state index in [0.717, 1.165) is 41.5 Å². The molecule has 3 heterocycles. The fourth-order valence-electron chi connectivity index (χ4n) is 3.21. The van der Waals surface area contributed by atoms with Gasteiger partial charge in [-0.1, -0.05) is 0 Å². The minimum Gasteiger partial charge on any atom is -0.493 e. The van der Waals surface area contributed by atoms with Crippen LogP contribution < -0.4 is 24.9 Å². The summed E-state index contributed by atoms with van der Waals surface area (Å²) in [4.78, 5) is 17.0. The molecule has 3 aromatic rings. The molecule has 2 N–H and O–H groups in total. The fourth-order valence-corrected chi connectivity index (χ4v) is 3.86. The maximum atomic E-state index is 5.39. The highest BCUT2D eigenvalue weighted by molar-refractivity contribution is 7.16. The van der Waals surface area contributed by atoms with Crippen LogP contribution in [0.2, 0.25) is 0 Å². The minimum atomic E-state index is 0.466.